The highest BCUT2D eigenvalue weighted by Gasteiger charge is 2.36. The van der Waals surface area contributed by atoms with Crippen molar-refractivity contribution < 1.29 is 0 Å². The molecule has 4 rings (SSSR count). The maximum absolute atomic E-state index is 2.63. The van der Waals surface area contributed by atoms with Crippen LogP contribution in [0, 0.1) is 11.8 Å². The second-order valence-electron chi connectivity index (χ2n) is 8.22. The number of rotatable bonds is 2. The Labute approximate surface area is 143 Å². The van der Waals surface area contributed by atoms with Crippen LogP contribution >= 0.6 is 0 Å². The molecule has 0 aromatic heterocycles. The van der Waals surface area contributed by atoms with Gasteiger partial charge < -0.3 is 0 Å². The summed E-state index contributed by atoms with van der Waals surface area (Å²) in [5.74, 6) is 1.52. The van der Waals surface area contributed by atoms with E-state index in [4.69, 9.17) is 0 Å². The van der Waals surface area contributed by atoms with E-state index in [1.54, 1.807) is 44.4 Å². The Morgan fingerprint density at radius 2 is 1.35 bits per heavy atom. The van der Waals surface area contributed by atoms with Crippen LogP contribution in [0.25, 0.3) is 0 Å². The summed E-state index contributed by atoms with van der Waals surface area (Å²) in [5, 5.41) is 0. The minimum atomic E-state index is 0.743. The zero-order valence-electron chi connectivity index (χ0n) is 15.4. The SMILES string of the molecule is CC1=C(C)C2CCCCC2=C1[B]C1=C(C)C(C)=C2CCCCC12. The third-order valence-corrected chi connectivity index (χ3v) is 7.24. The summed E-state index contributed by atoms with van der Waals surface area (Å²) in [5.41, 5.74) is 13.3. The van der Waals surface area contributed by atoms with Gasteiger partial charge in [0.05, 0.1) is 0 Å². The quantitative estimate of drug-likeness (QED) is 0.527. The Kier molecular flexibility index (Phi) is 3.94. The van der Waals surface area contributed by atoms with Crippen molar-refractivity contribution >= 4 is 7.28 Å². The first-order valence-corrected chi connectivity index (χ1v) is 9.76. The van der Waals surface area contributed by atoms with Gasteiger partial charge in [0.25, 0.3) is 0 Å². The lowest BCUT2D eigenvalue weighted by Crippen LogP contribution is -2.17. The average molecular weight is 305 g/mol. The fraction of sp³-hybridized carbons (Fsp3) is 0.636. The van der Waals surface area contributed by atoms with Crippen molar-refractivity contribution in [3.05, 3.63) is 44.4 Å². The highest BCUT2D eigenvalue weighted by Crippen LogP contribution is 2.49. The maximum Gasteiger partial charge on any atom is 0.187 e. The zero-order valence-corrected chi connectivity index (χ0v) is 15.4. The van der Waals surface area contributed by atoms with Crippen LogP contribution in [0.1, 0.15) is 79.1 Å². The molecule has 0 spiro atoms. The molecule has 0 aromatic rings. The molecular weight excluding hydrogens is 275 g/mol. The van der Waals surface area contributed by atoms with Crippen LogP contribution in [-0.2, 0) is 0 Å². The molecule has 1 radical (unpaired) electrons. The number of fused-ring (bicyclic) bond motifs is 2. The number of allylic oxidation sites excluding steroid dienone is 8. The molecule has 23 heavy (non-hydrogen) atoms. The van der Waals surface area contributed by atoms with E-state index in [1.807, 2.05) is 0 Å². The highest BCUT2D eigenvalue weighted by molar-refractivity contribution is 6.56. The lowest BCUT2D eigenvalue weighted by atomic mass is 9.54. The van der Waals surface area contributed by atoms with Gasteiger partial charge in [0.15, 0.2) is 7.28 Å². The van der Waals surface area contributed by atoms with Crippen LogP contribution < -0.4 is 0 Å². The summed E-state index contributed by atoms with van der Waals surface area (Å²) < 4.78 is 0. The largest absolute Gasteiger partial charge is 0.187 e. The lowest BCUT2D eigenvalue weighted by Gasteiger charge is -2.26. The fourth-order valence-corrected chi connectivity index (χ4v) is 5.62. The Bertz CT molecular complexity index is 668. The highest BCUT2D eigenvalue weighted by atomic mass is 14.4. The molecule has 0 saturated heterocycles. The summed E-state index contributed by atoms with van der Waals surface area (Å²) in [6, 6.07) is 0. The molecule has 0 N–H and O–H groups in total. The minimum absolute atomic E-state index is 0.743. The predicted molar refractivity (Wildman–Crippen MR) is 100 cm³/mol. The molecule has 2 atom stereocenters. The molecule has 1 heteroatoms. The number of hydrogen-bond donors (Lipinski definition) is 0. The van der Waals surface area contributed by atoms with Crippen LogP contribution in [0.5, 0.6) is 0 Å². The van der Waals surface area contributed by atoms with Gasteiger partial charge in [-0.2, -0.15) is 0 Å². The first-order valence-electron chi connectivity index (χ1n) is 9.76. The van der Waals surface area contributed by atoms with Gasteiger partial charge in [0.2, 0.25) is 0 Å². The van der Waals surface area contributed by atoms with Gasteiger partial charge in [-0.1, -0.05) is 51.7 Å². The van der Waals surface area contributed by atoms with E-state index in [2.05, 4.69) is 35.0 Å². The molecule has 4 aliphatic carbocycles. The van der Waals surface area contributed by atoms with Crippen molar-refractivity contribution in [2.75, 3.05) is 0 Å². The second kappa shape index (κ2) is 5.83. The van der Waals surface area contributed by atoms with Crippen LogP contribution in [0.3, 0.4) is 0 Å². The third-order valence-electron chi connectivity index (χ3n) is 7.24. The number of hydrogen-bond acceptors (Lipinski definition) is 0. The van der Waals surface area contributed by atoms with E-state index in [0.29, 0.717) is 0 Å². The molecule has 2 saturated carbocycles. The van der Waals surface area contributed by atoms with E-state index >= 15 is 0 Å². The van der Waals surface area contributed by atoms with Crippen molar-refractivity contribution in [3.63, 3.8) is 0 Å². The first kappa shape index (κ1) is 15.5. The van der Waals surface area contributed by atoms with Gasteiger partial charge in [-0.3, -0.25) is 0 Å². The van der Waals surface area contributed by atoms with Crippen LogP contribution in [0.2, 0.25) is 0 Å². The molecule has 0 nitrogen and oxygen atoms in total. The van der Waals surface area contributed by atoms with Crippen molar-refractivity contribution in [1.29, 1.82) is 0 Å². The summed E-state index contributed by atoms with van der Waals surface area (Å²) >= 11 is 0. The Hall–Kier alpha value is -0.975. The predicted octanol–water partition coefficient (Wildman–Crippen LogP) is 6.28. The minimum Gasteiger partial charge on any atom is -0.0924 e. The van der Waals surface area contributed by atoms with Gasteiger partial charge in [0, 0.05) is 5.92 Å². The summed E-state index contributed by atoms with van der Waals surface area (Å²) in [7, 11) is 2.63. The van der Waals surface area contributed by atoms with Gasteiger partial charge in [0.1, 0.15) is 0 Å². The average Bonchev–Trinajstić information content (AvgIpc) is 2.97. The topological polar surface area (TPSA) is 0 Å². The van der Waals surface area contributed by atoms with E-state index in [9.17, 15) is 0 Å². The van der Waals surface area contributed by atoms with E-state index in [0.717, 1.165) is 11.8 Å². The smallest absolute Gasteiger partial charge is 0.0924 e. The molecule has 2 fully saturated rings. The molecule has 2 unspecified atom stereocenters. The molecular formula is C22H30B. The third kappa shape index (κ3) is 2.34. The summed E-state index contributed by atoms with van der Waals surface area (Å²) in [6.45, 7) is 9.50. The second-order valence-corrected chi connectivity index (χ2v) is 8.22. The van der Waals surface area contributed by atoms with Crippen LogP contribution in [0.4, 0.5) is 0 Å². The van der Waals surface area contributed by atoms with Crippen molar-refractivity contribution in [2.24, 2.45) is 11.8 Å². The Morgan fingerprint density at radius 3 is 2.09 bits per heavy atom. The molecule has 4 aliphatic rings. The Balaban J connectivity index is 1.68. The van der Waals surface area contributed by atoms with Crippen LogP contribution in [-0.4, -0.2) is 7.28 Å². The lowest BCUT2D eigenvalue weighted by molar-refractivity contribution is 0.507. The van der Waals surface area contributed by atoms with E-state index in [1.165, 1.54) is 51.4 Å². The first-order chi connectivity index (χ1) is 11.1. The normalized spacial score (nSPS) is 31.1. The monoisotopic (exact) mass is 305 g/mol. The van der Waals surface area contributed by atoms with Gasteiger partial charge >= 0.3 is 0 Å². The summed E-state index contributed by atoms with van der Waals surface area (Å²) in [6.07, 6.45) is 11.1. The fourth-order valence-electron chi connectivity index (χ4n) is 5.62. The van der Waals surface area contributed by atoms with Crippen molar-refractivity contribution in [1.82, 2.24) is 0 Å². The molecule has 0 amide bonds. The van der Waals surface area contributed by atoms with Gasteiger partial charge in [-0.15, -0.1) is 0 Å². The standard InChI is InChI=1S/C22H30B/c1-13-15(3)21(19-11-7-5-9-17(13)19)23-22-16(4)14(2)18-10-6-8-12-20(18)22/h17,20H,5-12H2,1-4H3. The summed E-state index contributed by atoms with van der Waals surface area (Å²) in [4.78, 5) is 0. The van der Waals surface area contributed by atoms with Crippen molar-refractivity contribution in [3.8, 4) is 0 Å². The van der Waals surface area contributed by atoms with Gasteiger partial charge in [-0.05, 0) is 77.7 Å². The van der Waals surface area contributed by atoms with Crippen molar-refractivity contribution in [2.45, 2.75) is 79.1 Å². The Morgan fingerprint density at radius 1 is 0.696 bits per heavy atom. The van der Waals surface area contributed by atoms with Crippen LogP contribution in [0.15, 0.2) is 44.4 Å². The molecule has 0 heterocycles. The zero-order chi connectivity index (χ0) is 16.1. The molecule has 121 valence electrons. The van der Waals surface area contributed by atoms with Gasteiger partial charge in [-0.25, -0.2) is 0 Å². The maximum atomic E-state index is 2.63. The molecule has 0 bridgehead atoms. The van der Waals surface area contributed by atoms with E-state index < -0.39 is 0 Å². The molecule has 0 aromatic carbocycles. The van der Waals surface area contributed by atoms with E-state index in [-0.39, 0.29) is 0 Å². The molecule has 0 aliphatic heterocycles.